The van der Waals surface area contributed by atoms with Crippen LogP contribution >= 0.6 is 0 Å². The van der Waals surface area contributed by atoms with Crippen molar-refractivity contribution in [2.75, 3.05) is 6.54 Å². The Balaban J connectivity index is 2.13. The molecule has 118 valence electrons. The molecule has 3 N–H and O–H groups in total. The minimum absolute atomic E-state index is 0.252. The average molecular weight is 299 g/mol. The third-order valence-electron chi connectivity index (χ3n) is 3.51. The van der Waals surface area contributed by atoms with Crippen molar-refractivity contribution in [2.24, 2.45) is 21.6 Å². The van der Waals surface area contributed by atoms with Gasteiger partial charge in [-0.1, -0.05) is 0 Å². The van der Waals surface area contributed by atoms with Crippen molar-refractivity contribution in [1.29, 1.82) is 0 Å². The summed E-state index contributed by atoms with van der Waals surface area (Å²) in [5.74, 6) is 1.23. The second-order valence-electron chi connectivity index (χ2n) is 6.39. The molecular formula is C17H25N5. The Kier molecular flexibility index (Phi) is 5.44. The van der Waals surface area contributed by atoms with Crippen molar-refractivity contribution in [1.82, 2.24) is 10.3 Å². The van der Waals surface area contributed by atoms with Crippen molar-refractivity contribution in [3.05, 3.63) is 41.9 Å². The lowest BCUT2D eigenvalue weighted by atomic mass is 9.94. The molecule has 1 aliphatic heterocycles. The molecule has 0 bridgehead atoms. The molecule has 0 aromatic carbocycles. The predicted octanol–water partition coefficient (Wildman–Crippen LogP) is 2.30. The van der Waals surface area contributed by atoms with Gasteiger partial charge in [0.1, 0.15) is 5.84 Å². The summed E-state index contributed by atoms with van der Waals surface area (Å²) < 4.78 is 0. The number of aromatic nitrogens is 1. The van der Waals surface area contributed by atoms with Crippen LogP contribution in [0.25, 0.3) is 0 Å². The van der Waals surface area contributed by atoms with Crippen molar-refractivity contribution in [3.8, 4) is 0 Å². The zero-order valence-corrected chi connectivity index (χ0v) is 13.6. The topological polar surface area (TPSA) is 75.7 Å². The first-order chi connectivity index (χ1) is 10.5. The maximum Gasteiger partial charge on any atom is 0.104 e. The normalized spacial score (nSPS) is 19.0. The summed E-state index contributed by atoms with van der Waals surface area (Å²) in [7, 11) is 0. The highest BCUT2D eigenvalue weighted by molar-refractivity contribution is 5.90. The van der Waals surface area contributed by atoms with Crippen LogP contribution < -0.4 is 11.1 Å². The number of rotatable bonds is 5. The van der Waals surface area contributed by atoms with Crippen LogP contribution in [0.3, 0.4) is 0 Å². The fourth-order valence-corrected chi connectivity index (χ4v) is 2.21. The molecule has 1 aromatic heterocycles. The zero-order chi connectivity index (χ0) is 16.0. The average Bonchev–Trinajstić information content (AvgIpc) is 2.48. The van der Waals surface area contributed by atoms with E-state index in [-0.39, 0.29) is 11.5 Å². The van der Waals surface area contributed by atoms with E-state index in [0.29, 0.717) is 13.1 Å². The Morgan fingerprint density at radius 3 is 2.77 bits per heavy atom. The molecule has 2 heterocycles. The van der Waals surface area contributed by atoms with E-state index in [2.05, 4.69) is 22.2 Å². The summed E-state index contributed by atoms with van der Waals surface area (Å²) in [5, 5.41) is 3.44. The van der Waals surface area contributed by atoms with Gasteiger partial charge in [0.25, 0.3) is 0 Å². The quantitative estimate of drug-likeness (QED) is 0.647. The predicted molar refractivity (Wildman–Crippen MR) is 92.0 cm³/mol. The summed E-state index contributed by atoms with van der Waals surface area (Å²) in [5.41, 5.74) is 8.17. The molecule has 1 atom stereocenters. The molecular weight excluding hydrogens is 274 g/mol. The van der Waals surface area contributed by atoms with Crippen LogP contribution in [0.15, 0.2) is 46.3 Å². The Bertz CT molecular complexity index is 566. The lowest BCUT2D eigenvalue weighted by molar-refractivity contribution is 0.502. The molecule has 5 nitrogen and oxygen atoms in total. The fraction of sp³-hybridized carbons (Fsp3) is 0.471. The summed E-state index contributed by atoms with van der Waals surface area (Å²) >= 11 is 0. The first kappa shape index (κ1) is 16.4. The number of pyridine rings is 1. The largest absolute Gasteiger partial charge is 0.371 e. The monoisotopic (exact) mass is 299 g/mol. The van der Waals surface area contributed by atoms with Crippen molar-refractivity contribution in [2.45, 2.75) is 39.3 Å². The molecule has 22 heavy (non-hydrogen) atoms. The van der Waals surface area contributed by atoms with E-state index in [4.69, 9.17) is 10.7 Å². The summed E-state index contributed by atoms with van der Waals surface area (Å²) in [6.45, 7) is 7.43. The van der Waals surface area contributed by atoms with Gasteiger partial charge in [0.2, 0.25) is 0 Å². The molecule has 1 aliphatic rings. The van der Waals surface area contributed by atoms with E-state index in [0.717, 1.165) is 17.8 Å². The number of nitrogens with one attached hydrogen (secondary N) is 1. The zero-order valence-electron chi connectivity index (χ0n) is 13.6. The third kappa shape index (κ3) is 5.07. The highest BCUT2D eigenvalue weighted by Gasteiger charge is 2.21. The standard InChI is InChI=1S/C17H25N5/c1-13-10-20-9-6-15(13)16(22-12-17(2,3)18)21-11-14-4-7-19-8-5-14/h4-5,7-10,15H,6,11-12,18H2,1-3H3,(H,21,22). The highest BCUT2D eigenvalue weighted by atomic mass is 15.0. The molecule has 1 aromatic rings. The van der Waals surface area contributed by atoms with Gasteiger partial charge < -0.3 is 11.1 Å². The van der Waals surface area contributed by atoms with Crippen LogP contribution in [0.5, 0.6) is 0 Å². The van der Waals surface area contributed by atoms with Crippen LogP contribution in [0, 0.1) is 5.92 Å². The number of hydrogen-bond acceptors (Lipinski definition) is 4. The lowest BCUT2D eigenvalue weighted by Gasteiger charge is -2.26. The maximum atomic E-state index is 6.09. The van der Waals surface area contributed by atoms with Gasteiger partial charge in [0.05, 0.1) is 6.54 Å². The molecule has 0 amide bonds. The van der Waals surface area contributed by atoms with E-state index in [1.54, 1.807) is 12.4 Å². The van der Waals surface area contributed by atoms with Gasteiger partial charge in [-0.25, -0.2) is 0 Å². The SMILES string of the molecule is CC1=CN=CCC1C(=NCc1ccncc1)NCC(C)(C)N. The minimum atomic E-state index is -0.280. The number of hydrogen-bond donors (Lipinski definition) is 2. The van der Waals surface area contributed by atoms with E-state index >= 15 is 0 Å². The molecule has 5 heteroatoms. The fourth-order valence-electron chi connectivity index (χ4n) is 2.21. The highest BCUT2D eigenvalue weighted by Crippen LogP contribution is 2.19. The second-order valence-corrected chi connectivity index (χ2v) is 6.39. The van der Waals surface area contributed by atoms with E-state index in [9.17, 15) is 0 Å². The molecule has 0 fully saturated rings. The van der Waals surface area contributed by atoms with Gasteiger partial charge in [-0.15, -0.1) is 0 Å². The first-order valence-corrected chi connectivity index (χ1v) is 7.60. The summed E-state index contributed by atoms with van der Waals surface area (Å²) in [6.07, 6.45) is 8.30. The number of amidine groups is 1. The van der Waals surface area contributed by atoms with Crippen molar-refractivity contribution in [3.63, 3.8) is 0 Å². The van der Waals surface area contributed by atoms with Gasteiger partial charge >= 0.3 is 0 Å². The van der Waals surface area contributed by atoms with Crippen LogP contribution in [0.4, 0.5) is 0 Å². The third-order valence-corrected chi connectivity index (χ3v) is 3.51. The van der Waals surface area contributed by atoms with E-state index in [1.165, 1.54) is 5.57 Å². The Morgan fingerprint density at radius 2 is 2.14 bits per heavy atom. The molecule has 1 unspecified atom stereocenters. The van der Waals surface area contributed by atoms with Crippen LogP contribution in [-0.4, -0.2) is 29.1 Å². The second kappa shape index (κ2) is 7.31. The summed E-state index contributed by atoms with van der Waals surface area (Å²) in [6, 6.07) is 3.97. The van der Waals surface area contributed by atoms with Gasteiger partial charge in [-0.3, -0.25) is 15.0 Å². The van der Waals surface area contributed by atoms with E-state index < -0.39 is 0 Å². The smallest absolute Gasteiger partial charge is 0.104 e. The molecule has 2 rings (SSSR count). The first-order valence-electron chi connectivity index (χ1n) is 7.60. The van der Waals surface area contributed by atoms with Gasteiger partial charge in [0, 0.05) is 42.8 Å². The number of nitrogens with zero attached hydrogens (tertiary/aromatic N) is 3. The summed E-state index contributed by atoms with van der Waals surface area (Å²) in [4.78, 5) is 13.0. The van der Waals surface area contributed by atoms with Crippen LogP contribution in [-0.2, 0) is 6.54 Å². The van der Waals surface area contributed by atoms with Crippen molar-refractivity contribution >= 4 is 12.1 Å². The Morgan fingerprint density at radius 1 is 1.41 bits per heavy atom. The molecule has 0 saturated heterocycles. The van der Waals surface area contributed by atoms with Crippen LogP contribution in [0.1, 0.15) is 32.8 Å². The molecule has 0 aliphatic carbocycles. The lowest BCUT2D eigenvalue weighted by Crippen LogP contribution is -2.47. The molecule has 0 saturated carbocycles. The molecule has 0 spiro atoms. The molecule has 0 radical (unpaired) electrons. The number of aliphatic imine (C=N–C) groups is 2. The van der Waals surface area contributed by atoms with Gasteiger partial charge in [0.15, 0.2) is 0 Å². The Hall–Kier alpha value is -2.01. The number of nitrogens with two attached hydrogens (primary N) is 1. The van der Waals surface area contributed by atoms with Crippen molar-refractivity contribution < 1.29 is 0 Å². The maximum absolute atomic E-state index is 6.09. The van der Waals surface area contributed by atoms with Crippen LogP contribution in [0.2, 0.25) is 0 Å². The minimum Gasteiger partial charge on any atom is -0.371 e. The van der Waals surface area contributed by atoms with Gasteiger partial charge in [-0.05, 0) is 50.5 Å². The van der Waals surface area contributed by atoms with Gasteiger partial charge in [-0.2, -0.15) is 0 Å². The van der Waals surface area contributed by atoms with E-state index in [1.807, 2.05) is 38.4 Å². The Labute approximate surface area is 132 Å².